The van der Waals surface area contributed by atoms with Crippen molar-refractivity contribution in [1.29, 1.82) is 0 Å². The third-order valence-electron chi connectivity index (χ3n) is 3.08. The van der Waals surface area contributed by atoms with Crippen molar-refractivity contribution in [2.75, 3.05) is 32.7 Å². The SMILES string of the molecule is Cc1cccc(OC(C=O)CN2CCNCC2)c1. The Balaban J connectivity index is 1.90. The number of carbonyl (C=O) groups is 1. The molecule has 1 aliphatic heterocycles. The summed E-state index contributed by atoms with van der Waals surface area (Å²) in [6.07, 6.45) is 0.509. The molecule has 1 atom stereocenters. The number of rotatable bonds is 5. The first-order valence-electron chi connectivity index (χ1n) is 6.39. The van der Waals surface area contributed by atoms with Gasteiger partial charge in [0.2, 0.25) is 0 Å². The number of benzene rings is 1. The largest absolute Gasteiger partial charge is 0.482 e. The van der Waals surface area contributed by atoms with Crippen LogP contribution in [-0.4, -0.2) is 50.0 Å². The first-order valence-corrected chi connectivity index (χ1v) is 6.39. The van der Waals surface area contributed by atoms with Crippen LogP contribution < -0.4 is 10.1 Å². The Labute approximate surface area is 108 Å². The van der Waals surface area contributed by atoms with E-state index in [1.54, 1.807) is 0 Å². The van der Waals surface area contributed by atoms with Crippen molar-refractivity contribution in [3.8, 4) is 5.75 Å². The predicted molar refractivity (Wildman–Crippen MR) is 71.0 cm³/mol. The summed E-state index contributed by atoms with van der Waals surface area (Å²) in [5.41, 5.74) is 1.14. The van der Waals surface area contributed by atoms with Crippen LogP contribution in [0.3, 0.4) is 0 Å². The van der Waals surface area contributed by atoms with E-state index >= 15 is 0 Å². The zero-order chi connectivity index (χ0) is 12.8. The smallest absolute Gasteiger partial charge is 0.166 e. The van der Waals surface area contributed by atoms with E-state index in [4.69, 9.17) is 4.74 Å². The molecular weight excluding hydrogens is 228 g/mol. The molecule has 1 heterocycles. The summed E-state index contributed by atoms with van der Waals surface area (Å²) in [4.78, 5) is 13.4. The van der Waals surface area contributed by atoms with Crippen LogP contribution in [0.1, 0.15) is 5.56 Å². The van der Waals surface area contributed by atoms with Gasteiger partial charge in [0.25, 0.3) is 0 Å². The monoisotopic (exact) mass is 248 g/mol. The van der Waals surface area contributed by atoms with Gasteiger partial charge in [-0.25, -0.2) is 0 Å². The lowest BCUT2D eigenvalue weighted by atomic mass is 10.2. The summed E-state index contributed by atoms with van der Waals surface area (Å²) in [6.45, 7) is 6.59. The number of nitrogens with one attached hydrogen (secondary N) is 1. The van der Waals surface area contributed by atoms with Gasteiger partial charge in [-0.2, -0.15) is 0 Å². The molecule has 1 aromatic carbocycles. The number of ether oxygens (including phenoxy) is 1. The summed E-state index contributed by atoms with van der Waals surface area (Å²) in [6, 6.07) is 7.80. The highest BCUT2D eigenvalue weighted by Crippen LogP contribution is 2.14. The lowest BCUT2D eigenvalue weighted by Crippen LogP contribution is -2.47. The minimum atomic E-state index is -0.384. The topological polar surface area (TPSA) is 41.6 Å². The van der Waals surface area contributed by atoms with Gasteiger partial charge in [0.05, 0.1) is 0 Å². The molecule has 2 rings (SSSR count). The molecule has 4 nitrogen and oxygen atoms in total. The molecule has 1 aliphatic rings. The molecule has 0 radical (unpaired) electrons. The molecule has 1 saturated heterocycles. The third-order valence-corrected chi connectivity index (χ3v) is 3.08. The second kappa shape index (κ2) is 6.52. The second-order valence-corrected chi connectivity index (χ2v) is 4.66. The van der Waals surface area contributed by atoms with E-state index in [-0.39, 0.29) is 6.10 Å². The van der Waals surface area contributed by atoms with Gasteiger partial charge in [0.15, 0.2) is 12.4 Å². The van der Waals surface area contributed by atoms with Crippen LogP contribution in [-0.2, 0) is 4.79 Å². The number of hydrogen-bond donors (Lipinski definition) is 1. The van der Waals surface area contributed by atoms with Crippen LogP contribution in [0.4, 0.5) is 0 Å². The maximum absolute atomic E-state index is 11.1. The third kappa shape index (κ3) is 3.82. The van der Waals surface area contributed by atoms with Crippen molar-refractivity contribution in [2.24, 2.45) is 0 Å². The van der Waals surface area contributed by atoms with Crippen molar-refractivity contribution < 1.29 is 9.53 Å². The molecule has 4 heteroatoms. The Morgan fingerprint density at radius 2 is 2.22 bits per heavy atom. The van der Waals surface area contributed by atoms with E-state index in [2.05, 4.69) is 10.2 Å². The molecule has 1 fully saturated rings. The highest BCUT2D eigenvalue weighted by molar-refractivity contribution is 5.57. The molecule has 1 unspecified atom stereocenters. The number of aryl methyl sites for hydroxylation is 1. The van der Waals surface area contributed by atoms with Gasteiger partial charge in [-0.15, -0.1) is 0 Å². The maximum Gasteiger partial charge on any atom is 0.166 e. The predicted octanol–water partition coefficient (Wildman–Crippen LogP) is 0.847. The van der Waals surface area contributed by atoms with Crippen LogP contribution in [0.15, 0.2) is 24.3 Å². The van der Waals surface area contributed by atoms with Crippen LogP contribution >= 0.6 is 0 Å². The minimum absolute atomic E-state index is 0.384. The summed E-state index contributed by atoms with van der Waals surface area (Å²) in [5.74, 6) is 0.766. The van der Waals surface area contributed by atoms with Gasteiger partial charge in [-0.05, 0) is 24.6 Å². The summed E-state index contributed by atoms with van der Waals surface area (Å²) >= 11 is 0. The fourth-order valence-corrected chi connectivity index (χ4v) is 2.12. The second-order valence-electron chi connectivity index (χ2n) is 4.66. The zero-order valence-electron chi connectivity index (χ0n) is 10.8. The first-order chi connectivity index (χ1) is 8.78. The summed E-state index contributed by atoms with van der Waals surface area (Å²) in [7, 11) is 0. The Hall–Kier alpha value is -1.39. The van der Waals surface area contributed by atoms with Crippen LogP contribution in [0.2, 0.25) is 0 Å². The quantitative estimate of drug-likeness (QED) is 0.784. The molecule has 1 N–H and O–H groups in total. The van der Waals surface area contributed by atoms with Gasteiger partial charge >= 0.3 is 0 Å². The molecule has 0 aliphatic carbocycles. The highest BCUT2D eigenvalue weighted by atomic mass is 16.5. The Morgan fingerprint density at radius 3 is 2.89 bits per heavy atom. The minimum Gasteiger partial charge on any atom is -0.482 e. The summed E-state index contributed by atoms with van der Waals surface area (Å²) in [5, 5.41) is 3.29. The average molecular weight is 248 g/mol. The van der Waals surface area contributed by atoms with Gasteiger partial charge in [0, 0.05) is 32.7 Å². The van der Waals surface area contributed by atoms with Gasteiger partial charge in [0.1, 0.15) is 5.75 Å². The van der Waals surface area contributed by atoms with Crippen molar-refractivity contribution in [1.82, 2.24) is 10.2 Å². The lowest BCUT2D eigenvalue weighted by molar-refractivity contribution is -0.114. The Kier molecular flexibility index (Phi) is 4.73. The lowest BCUT2D eigenvalue weighted by Gasteiger charge is -2.29. The number of piperazine rings is 1. The fraction of sp³-hybridized carbons (Fsp3) is 0.500. The van der Waals surface area contributed by atoms with E-state index in [1.807, 2.05) is 31.2 Å². The van der Waals surface area contributed by atoms with Gasteiger partial charge in [-0.3, -0.25) is 9.69 Å². The first kappa shape index (κ1) is 13.1. The highest BCUT2D eigenvalue weighted by Gasteiger charge is 2.16. The molecule has 0 aromatic heterocycles. The van der Waals surface area contributed by atoms with Crippen molar-refractivity contribution in [2.45, 2.75) is 13.0 Å². The molecular formula is C14H20N2O2. The van der Waals surface area contributed by atoms with Gasteiger partial charge in [-0.1, -0.05) is 12.1 Å². The van der Waals surface area contributed by atoms with Crippen molar-refractivity contribution in [3.63, 3.8) is 0 Å². The molecule has 0 amide bonds. The number of hydrogen-bond acceptors (Lipinski definition) is 4. The van der Waals surface area contributed by atoms with E-state index in [9.17, 15) is 4.79 Å². The molecule has 0 spiro atoms. The van der Waals surface area contributed by atoms with Gasteiger partial charge < -0.3 is 10.1 Å². The van der Waals surface area contributed by atoms with E-state index in [1.165, 1.54) is 0 Å². The molecule has 0 saturated carbocycles. The number of aldehydes is 1. The van der Waals surface area contributed by atoms with Crippen LogP contribution in [0.5, 0.6) is 5.75 Å². The Bertz CT molecular complexity index is 389. The van der Waals surface area contributed by atoms with E-state index in [0.717, 1.165) is 43.8 Å². The maximum atomic E-state index is 11.1. The molecule has 98 valence electrons. The van der Waals surface area contributed by atoms with Crippen LogP contribution in [0, 0.1) is 6.92 Å². The fourth-order valence-electron chi connectivity index (χ4n) is 2.12. The van der Waals surface area contributed by atoms with E-state index in [0.29, 0.717) is 6.54 Å². The standard InChI is InChI=1S/C14H20N2O2/c1-12-3-2-4-13(9-12)18-14(11-17)10-16-7-5-15-6-8-16/h2-4,9,11,14-15H,5-8,10H2,1H3. The van der Waals surface area contributed by atoms with Crippen molar-refractivity contribution >= 4 is 6.29 Å². The molecule has 18 heavy (non-hydrogen) atoms. The van der Waals surface area contributed by atoms with Crippen LogP contribution in [0.25, 0.3) is 0 Å². The number of nitrogens with zero attached hydrogens (tertiary/aromatic N) is 1. The average Bonchev–Trinajstić information content (AvgIpc) is 2.39. The van der Waals surface area contributed by atoms with Crippen molar-refractivity contribution in [3.05, 3.63) is 29.8 Å². The normalized spacial score (nSPS) is 18.3. The molecule has 1 aromatic rings. The number of carbonyl (C=O) groups excluding carboxylic acids is 1. The Morgan fingerprint density at radius 1 is 1.44 bits per heavy atom. The zero-order valence-corrected chi connectivity index (χ0v) is 10.8. The molecule has 0 bridgehead atoms. The summed E-state index contributed by atoms with van der Waals surface area (Å²) < 4.78 is 5.72. The van der Waals surface area contributed by atoms with E-state index < -0.39 is 0 Å².